The number of para-hydroxylation sites is 1. The van der Waals surface area contributed by atoms with Gasteiger partial charge in [0.2, 0.25) is 0 Å². The summed E-state index contributed by atoms with van der Waals surface area (Å²) in [7, 11) is 1.66. The van der Waals surface area contributed by atoms with Crippen molar-refractivity contribution in [2.75, 3.05) is 7.11 Å². The first-order chi connectivity index (χ1) is 14.0. The average molecular weight is 394 g/mol. The zero-order valence-corrected chi connectivity index (χ0v) is 16.4. The molecule has 29 heavy (non-hydrogen) atoms. The predicted molar refractivity (Wildman–Crippen MR) is 108 cm³/mol. The smallest absolute Gasteiger partial charge is 0.253 e. The molecule has 0 fully saturated rings. The molecule has 1 unspecified atom stereocenters. The zero-order valence-electron chi connectivity index (χ0n) is 16.4. The Morgan fingerprint density at radius 2 is 1.97 bits per heavy atom. The second kappa shape index (κ2) is 9.80. The van der Waals surface area contributed by atoms with Crippen molar-refractivity contribution in [3.63, 3.8) is 0 Å². The minimum absolute atomic E-state index is 0.0704. The summed E-state index contributed by atoms with van der Waals surface area (Å²) in [5.41, 5.74) is 2.19. The number of hydrogen-bond donors (Lipinski definition) is 1. The number of ether oxygens (including phenoxy) is 2. The molecule has 3 aromatic rings. The molecule has 0 aliphatic rings. The van der Waals surface area contributed by atoms with E-state index < -0.39 is 5.82 Å². The number of nitrogens with one attached hydrogen (secondary N) is 1. The molecule has 2 aromatic carbocycles. The normalized spacial score (nSPS) is 11.7. The number of methoxy groups -OCH3 is 1. The number of hydrogen-bond acceptors (Lipinski definition) is 4. The number of halogens is 1. The Labute approximate surface area is 169 Å². The van der Waals surface area contributed by atoms with Crippen LogP contribution in [-0.2, 0) is 17.7 Å². The maximum absolute atomic E-state index is 13.7. The van der Waals surface area contributed by atoms with Crippen LogP contribution in [0.25, 0.3) is 0 Å². The molecule has 0 radical (unpaired) electrons. The molecule has 0 saturated heterocycles. The van der Waals surface area contributed by atoms with E-state index in [-0.39, 0.29) is 17.8 Å². The van der Waals surface area contributed by atoms with Crippen molar-refractivity contribution in [3.8, 4) is 11.5 Å². The van der Waals surface area contributed by atoms with Crippen LogP contribution in [0, 0.1) is 5.82 Å². The van der Waals surface area contributed by atoms with Crippen molar-refractivity contribution in [1.29, 1.82) is 0 Å². The van der Waals surface area contributed by atoms with E-state index in [1.807, 2.05) is 19.1 Å². The lowest BCUT2D eigenvalue weighted by Gasteiger charge is -2.10. The van der Waals surface area contributed by atoms with Crippen molar-refractivity contribution in [2.24, 2.45) is 0 Å². The molecule has 0 spiro atoms. The van der Waals surface area contributed by atoms with Crippen LogP contribution in [0.3, 0.4) is 0 Å². The summed E-state index contributed by atoms with van der Waals surface area (Å²) < 4.78 is 24.6. The molecule has 0 aliphatic carbocycles. The molecule has 1 atom stereocenters. The maximum Gasteiger partial charge on any atom is 0.253 e. The summed E-state index contributed by atoms with van der Waals surface area (Å²) in [4.78, 5) is 16.7. The highest BCUT2D eigenvalue weighted by Crippen LogP contribution is 2.24. The summed E-state index contributed by atoms with van der Waals surface area (Å²) in [5.74, 6) is 0.00841. The van der Waals surface area contributed by atoms with E-state index in [1.54, 1.807) is 55.8 Å². The minimum Gasteiger partial charge on any atom is -0.454 e. The number of pyridine rings is 1. The molecular weight excluding hydrogens is 371 g/mol. The Kier molecular flexibility index (Phi) is 6.92. The topological polar surface area (TPSA) is 60.5 Å². The van der Waals surface area contributed by atoms with E-state index in [2.05, 4.69) is 10.3 Å². The third-order valence-electron chi connectivity index (χ3n) is 4.40. The van der Waals surface area contributed by atoms with Crippen LogP contribution in [0.2, 0.25) is 0 Å². The summed E-state index contributed by atoms with van der Waals surface area (Å²) in [6.45, 7) is 2.28. The lowest BCUT2D eigenvalue weighted by molar-refractivity contribution is 0.0950. The molecule has 6 heteroatoms. The van der Waals surface area contributed by atoms with Crippen molar-refractivity contribution in [1.82, 2.24) is 10.3 Å². The number of rotatable bonds is 8. The van der Waals surface area contributed by atoms with Crippen LogP contribution in [0.15, 0.2) is 66.9 Å². The molecule has 1 heterocycles. The van der Waals surface area contributed by atoms with E-state index >= 15 is 0 Å². The van der Waals surface area contributed by atoms with Crippen LogP contribution in [0.1, 0.15) is 28.5 Å². The van der Waals surface area contributed by atoms with E-state index in [0.717, 1.165) is 11.3 Å². The van der Waals surface area contributed by atoms with Crippen LogP contribution in [0.5, 0.6) is 11.5 Å². The Morgan fingerprint density at radius 1 is 1.14 bits per heavy atom. The van der Waals surface area contributed by atoms with Gasteiger partial charge in [0, 0.05) is 32.0 Å². The van der Waals surface area contributed by atoms with Crippen LogP contribution >= 0.6 is 0 Å². The van der Waals surface area contributed by atoms with Gasteiger partial charge < -0.3 is 14.8 Å². The first-order valence-electron chi connectivity index (χ1n) is 9.32. The average Bonchev–Trinajstić information content (AvgIpc) is 2.74. The van der Waals surface area contributed by atoms with Crippen molar-refractivity contribution in [3.05, 3.63) is 89.5 Å². The Morgan fingerprint density at radius 3 is 2.69 bits per heavy atom. The van der Waals surface area contributed by atoms with Crippen molar-refractivity contribution >= 4 is 5.91 Å². The molecule has 0 aliphatic heterocycles. The number of carbonyl (C=O) groups is 1. The van der Waals surface area contributed by atoms with Gasteiger partial charge in [0.25, 0.3) is 5.91 Å². The number of amides is 1. The second-order valence-electron chi connectivity index (χ2n) is 6.65. The fourth-order valence-electron chi connectivity index (χ4n) is 2.72. The Balaban J connectivity index is 1.58. The summed E-state index contributed by atoms with van der Waals surface area (Å²) in [6.07, 6.45) is 2.32. The molecular formula is C23H23FN2O3. The lowest BCUT2D eigenvalue weighted by Crippen LogP contribution is -2.23. The van der Waals surface area contributed by atoms with Gasteiger partial charge >= 0.3 is 0 Å². The van der Waals surface area contributed by atoms with Gasteiger partial charge in [0.05, 0.1) is 11.7 Å². The first kappa shape index (κ1) is 20.5. The fourth-order valence-corrected chi connectivity index (χ4v) is 2.72. The van der Waals surface area contributed by atoms with E-state index in [4.69, 9.17) is 9.47 Å². The quantitative estimate of drug-likeness (QED) is 0.610. The molecule has 3 rings (SSSR count). The predicted octanol–water partition coefficient (Wildman–Crippen LogP) is 4.52. The summed E-state index contributed by atoms with van der Waals surface area (Å²) in [6, 6.07) is 17.0. The lowest BCUT2D eigenvalue weighted by atomic mass is 10.1. The van der Waals surface area contributed by atoms with Gasteiger partial charge in [0.15, 0.2) is 11.6 Å². The highest BCUT2D eigenvalue weighted by atomic mass is 19.1. The SMILES string of the molecule is COC(C)Cc1ccc(C(=O)NCc2cccc(Oc3ccccc3F)c2)cn1. The Bertz CT molecular complexity index is 960. The van der Waals surface area contributed by atoms with Gasteiger partial charge in [-0.3, -0.25) is 9.78 Å². The number of carbonyl (C=O) groups excluding carboxylic acids is 1. The van der Waals surface area contributed by atoms with Gasteiger partial charge in [0.1, 0.15) is 5.75 Å². The van der Waals surface area contributed by atoms with Gasteiger partial charge in [-0.1, -0.05) is 24.3 Å². The monoisotopic (exact) mass is 394 g/mol. The standard InChI is InChI=1S/C23H23FN2O3/c1-16(28-2)12-19-11-10-18(15-25-19)23(27)26-14-17-6-5-7-20(13-17)29-22-9-4-3-8-21(22)24/h3-11,13,15-16H,12,14H2,1-2H3,(H,26,27). The fraction of sp³-hybridized carbons (Fsp3) is 0.217. The molecule has 1 N–H and O–H groups in total. The summed E-state index contributed by atoms with van der Waals surface area (Å²) in [5, 5.41) is 2.86. The van der Waals surface area contributed by atoms with E-state index in [0.29, 0.717) is 24.3 Å². The largest absolute Gasteiger partial charge is 0.454 e. The van der Waals surface area contributed by atoms with Crippen molar-refractivity contribution in [2.45, 2.75) is 26.0 Å². The van der Waals surface area contributed by atoms with Crippen LogP contribution < -0.4 is 10.1 Å². The third-order valence-corrected chi connectivity index (χ3v) is 4.40. The van der Waals surface area contributed by atoms with Gasteiger partial charge in [-0.2, -0.15) is 0 Å². The van der Waals surface area contributed by atoms with E-state index in [9.17, 15) is 9.18 Å². The minimum atomic E-state index is -0.429. The Hall–Kier alpha value is -3.25. The van der Waals surface area contributed by atoms with Gasteiger partial charge in [-0.15, -0.1) is 0 Å². The van der Waals surface area contributed by atoms with Crippen molar-refractivity contribution < 1.29 is 18.7 Å². The van der Waals surface area contributed by atoms with Gasteiger partial charge in [-0.25, -0.2) is 4.39 Å². The highest BCUT2D eigenvalue weighted by Gasteiger charge is 2.09. The summed E-state index contributed by atoms with van der Waals surface area (Å²) >= 11 is 0. The molecule has 1 aromatic heterocycles. The van der Waals surface area contributed by atoms with Crippen LogP contribution in [-0.4, -0.2) is 24.1 Å². The molecule has 150 valence electrons. The second-order valence-corrected chi connectivity index (χ2v) is 6.65. The van der Waals surface area contributed by atoms with Gasteiger partial charge in [-0.05, 0) is 48.9 Å². The third kappa shape index (κ3) is 5.86. The molecule has 5 nitrogen and oxygen atoms in total. The van der Waals surface area contributed by atoms with Crippen LogP contribution in [0.4, 0.5) is 4.39 Å². The number of nitrogens with zero attached hydrogens (tertiary/aromatic N) is 1. The molecule has 0 bridgehead atoms. The number of aromatic nitrogens is 1. The first-order valence-corrected chi connectivity index (χ1v) is 9.32. The number of benzene rings is 2. The molecule has 1 amide bonds. The molecule has 0 saturated carbocycles. The maximum atomic E-state index is 13.7. The zero-order chi connectivity index (χ0) is 20.6. The highest BCUT2D eigenvalue weighted by molar-refractivity contribution is 5.93. The van der Waals surface area contributed by atoms with E-state index in [1.165, 1.54) is 6.07 Å².